The van der Waals surface area contributed by atoms with Crippen molar-refractivity contribution < 1.29 is 4.79 Å². The fraction of sp³-hybridized carbons (Fsp3) is 0.417. The first-order valence-electron chi connectivity index (χ1n) is 5.47. The summed E-state index contributed by atoms with van der Waals surface area (Å²) in [5, 5.41) is 3.49. The predicted octanol–water partition coefficient (Wildman–Crippen LogP) is 2.45. The molecule has 0 saturated heterocycles. The number of carbonyl (C=O) groups is 1. The number of carbonyl (C=O) groups excluding carboxylic acids is 1. The van der Waals surface area contributed by atoms with Gasteiger partial charge in [-0.1, -0.05) is 24.9 Å². The van der Waals surface area contributed by atoms with Gasteiger partial charge < -0.3 is 11.1 Å². The van der Waals surface area contributed by atoms with Crippen LogP contribution in [0, 0.1) is 5.92 Å². The van der Waals surface area contributed by atoms with Crippen LogP contribution in [0.3, 0.4) is 0 Å². The highest BCUT2D eigenvalue weighted by Crippen LogP contribution is 2.33. The summed E-state index contributed by atoms with van der Waals surface area (Å²) in [5.41, 5.74) is 6.67. The summed E-state index contributed by atoms with van der Waals surface area (Å²) in [7, 11) is 0. The molecule has 1 amide bonds. The molecule has 0 spiro atoms. The second-order valence-corrected chi connectivity index (χ2v) is 4.65. The molecule has 1 fully saturated rings. The van der Waals surface area contributed by atoms with Crippen LogP contribution < -0.4 is 11.1 Å². The van der Waals surface area contributed by atoms with E-state index in [9.17, 15) is 4.79 Å². The average molecular weight is 239 g/mol. The first kappa shape index (κ1) is 11.3. The van der Waals surface area contributed by atoms with Crippen molar-refractivity contribution in [3.8, 4) is 0 Å². The summed E-state index contributed by atoms with van der Waals surface area (Å²) in [6.07, 6.45) is 2.18. The standard InChI is InChI=1S/C12H15ClN2O/c1-2-7-5-11(7)15-12(16)9-6-8(13)3-4-10(9)14/h3-4,6-7,11H,2,5,14H2,1H3,(H,15,16). The van der Waals surface area contributed by atoms with Crippen molar-refractivity contribution in [2.75, 3.05) is 5.73 Å². The van der Waals surface area contributed by atoms with Crippen molar-refractivity contribution in [1.82, 2.24) is 5.32 Å². The van der Waals surface area contributed by atoms with Gasteiger partial charge in [-0.25, -0.2) is 0 Å². The van der Waals surface area contributed by atoms with Crippen LogP contribution in [-0.4, -0.2) is 11.9 Å². The Labute approximate surface area is 100.0 Å². The number of nitrogens with two attached hydrogens (primary N) is 1. The Balaban J connectivity index is 2.06. The largest absolute Gasteiger partial charge is 0.398 e. The normalized spacial score (nSPS) is 22.9. The monoisotopic (exact) mass is 238 g/mol. The fourth-order valence-electron chi connectivity index (χ4n) is 1.85. The van der Waals surface area contributed by atoms with Gasteiger partial charge in [-0.2, -0.15) is 0 Å². The van der Waals surface area contributed by atoms with Crippen molar-refractivity contribution in [3.05, 3.63) is 28.8 Å². The lowest BCUT2D eigenvalue weighted by Crippen LogP contribution is -2.27. The summed E-state index contributed by atoms with van der Waals surface area (Å²) >= 11 is 5.83. The van der Waals surface area contributed by atoms with Crippen LogP contribution >= 0.6 is 11.6 Å². The molecule has 2 unspecified atom stereocenters. The molecule has 2 rings (SSSR count). The molecule has 1 aromatic carbocycles. The molecule has 16 heavy (non-hydrogen) atoms. The van der Waals surface area contributed by atoms with Gasteiger partial charge >= 0.3 is 0 Å². The number of nitrogens with one attached hydrogen (secondary N) is 1. The number of nitrogen functional groups attached to an aromatic ring is 1. The van der Waals surface area contributed by atoms with E-state index in [0.717, 1.165) is 12.8 Å². The Morgan fingerprint density at radius 1 is 1.62 bits per heavy atom. The third-order valence-corrected chi connectivity index (χ3v) is 3.26. The number of hydrogen-bond donors (Lipinski definition) is 2. The highest BCUT2D eigenvalue weighted by Gasteiger charge is 2.36. The number of benzene rings is 1. The molecule has 4 heteroatoms. The van der Waals surface area contributed by atoms with E-state index in [0.29, 0.717) is 28.2 Å². The smallest absolute Gasteiger partial charge is 0.253 e. The van der Waals surface area contributed by atoms with Gasteiger partial charge in [-0.15, -0.1) is 0 Å². The third-order valence-electron chi connectivity index (χ3n) is 3.02. The van der Waals surface area contributed by atoms with Gasteiger partial charge in [0, 0.05) is 16.8 Å². The molecular weight excluding hydrogens is 224 g/mol. The topological polar surface area (TPSA) is 55.1 Å². The molecule has 0 heterocycles. The zero-order valence-electron chi connectivity index (χ0n) is 9.16. The van der Waals surface area contributed by atoms with Crippen molar-refractivity contribution in [2.45, 2.75) is 25.8 Å². The first-order valence-corrected chi connectivity index (χ1v) is 5.85. The van der Waals surface area contributed by atoms with Crippen molar-refractivity contribution in [3.63, 3.8) is 0 Å². The number of hydrogen-bond acceptors (Lipinski definition) is 2. The van der Waals surface area contributed by atoms with E-state index < -0.39 is 0 Å². The molecule has 1 aromatic rings. The third kappa shape index (κ3) is 2.30. The molecular formula is C12H15ClN2O. The highest BCUT2D eigenvalue weighted by atomic mass is 35.5. The van der Waals surface area contributed by atoms with E-state index >= 15 is 0 Å². The van der Waals surface area contributed by atoms with Crippen LogP contribution in [0.5, 0.6) is 0 Å². The zero-order chi connectivity index (χ0) is 11.7. The molecule has 0 aliphatic heterocycles. The van der Waals surface area contributed by atoms with Crippen LogP contribution in [-0.2, 0) is 0 Å². The molecule has 0 radical (unpaired) electrons. The second-order valence-electron chi connectivity index (χ2n) is 4.22. The molecule has 0 bridgehead atoms. The maximum Gasteiger partial charge on any atom is 0.253 e. The van der Waals surface area contributed by atoms with Crippen LogP contribution in [0.25, 0.3) is 0 Å². The van der Waals surface area contributed by atoms with Gasteiger partial charge in [0.25, 0.3) is 5.91 Å². The van der Waals surface area contributed by atoms with E-state index in [1.165, 1.54) is 0 Å². The minimum atomic E-state index is -0.124. The van der Waals surface area contributed by atoms with Gasteiger partial charge in [0.1, 0.15) is 0 Å². The predicted molar refractivity (Wildman–Crippen MR) is 65.5 cm³/mol. The van der Waals surface area contributed by atoms with Crippen molar-refractivity contribution >= 4 is 23.2 Å². The first-order chi connectivity index (χ1) is 7.61. The molecule has 1 aliphatic carbocycles. The maximum absolute atomic E-state index is 11.9. The molecule has 1 aliphatic rings. The highest BCUT2D eigenvalue weighted by molar-refractivity contribution is 6.31. The molecule has 86 valence electrons. The van der Waals surface area contributed by atoms with Crippen molar-refractivity contribution in [2.24, 2.45) is 5.92 Å². The van der Waals surface area contributed by atoms with E-state index in [1.54, 1.807) is 18.2 Å². The lowest BCUT2D eigenvalue weighted by molar-refractivity contribution is 0.0950. The Morgan fingerprint density at radius 3 is 3.00 bits per heavy atom. The lowest BCUT2D eigenvalue weighted by Gasteiger charge is -2.07. The summed E-state index contributed by atoms with van der Waals surface area (Å²) in [6, 6.07) is 5.26. The van der Waals surface area contributed by atoms with Crippen molar-refractivity contribution in [1.29, 1.82) is 0 Å². The Kier molecular flexibility index (Phi) is 3.06. The summed E-state index contributed by atoms with van der Waals surface area (Å²) in [4.78, 5) is 11.9. The number of amides is 1. The summed E-state index contributed by atoms with van der Waals surface area (Å²) < 4.78 is 0. The van der Waals surface area contributed by atoms with Gasteiger partial charge in [-0.3, -0.25) is 4.79 Å². The van der Waals surface area contributed by atoms with Crippen LogP contribution in [0.15, 0.2) is 18.2 Å². The number of rotatable bonds is 3. The number of halogens is 1. The molecule has 1 saturated carbocycles. The number of anilines is 1. The zero-order valence-corrected chi connectivity index (χ0v) is 9.92. The maximum atomic E-state index is 11.9. The van der Waals surface area contributed by atoms with Gasteiger partial charge in [-0.05, 0) is 30.5 Å². The van der Waals surface area contributed by atoms with Gasteiger partial charge in [0.15, 0.2) is 0 Å². The summed E-state index contributed by atoms with van der Waals surface area (Å²) in [6.45, 7) is 2.13. The SMILES string of the molecule is CCC1CC1NC(=O)c1cc(Cl)ccc1N. The summed E-state index contributed by atoms with van der Waals surface area (Å²) in [5.74, 6) is 0.505. The quantitative estimate of drug-likeness (QED) is 0.795. The Bertz CT molecular complexity index is 419. The van der Waals surface area contributed by atoms with E-state index in [4.69, 9.17) is 17.3 Å². The lowest BCUT2D eigenvalue weighted by atomic mass is 10.1. The average Bonchev–Trinajstić information content (AvgIpc) is 3.00. The Hall–Kier alpha value is -1.22. The second kappa shape index (κ2) is 4.34. The fourth-order valence-corrected chi connectivity index (χ4v) is 2.02. The van der Waals surface area contributed by atoms with Crippen LogP contribution in [0.2, 0.25) is 5.02 Å². The van der Waals surface area contributed by atoms with E-state index in [1.807, 2.05) is 0 Å². The van der Waals surface area contributed by atoms with Crippen LogP contribution in [0.4, 0.5) is 5.69 Å². The van der Waals surface area contributed by atoms with E-state index in [2.05, 4.69) is 12.2 Å². The molecule has 3 N–H and O–H groups in total. The minimum absolute atomic E-state index is 0.124. The van der Waals surface area contributed by atoms with Gasteiger partial charge in [0.05, 0.1) is 5.56 Å². The Morgan fingerprint density at radius 2 is 2.38 bits per heavy atom. The van der Waals surface area contributed by atoms with Crippen LogP contribution in [0.1, 0.15) is 30.1 Å². The molecule has 3 nitrogen and oxygen atoms in total. The van der Waals surface area contributed by atoms with Gasteiger partial charge in [0.2, 0.25) is 0 Å². The minimum Gasteiger partial charge on any atom is -0.398 e. The molecule has 0 aromatic heterocycles. The van der Waals surface area contributed by atoms with E-state index in [-0.39, 0.29) is 5.91 Å². The molecule has 2 atom stereocenters.